The zero-order chi connectivity index (χ0) is 16.6. The van der Waals surface area contributed by atoms with Crippen LogP contribution in [0.1, 0.15) is 26.7 Å². The summed E-state index contributed by atoms with van der Waals surface area (Å²) in [6.45, 7) is 3.19. The highest BCUT2D eigenvalue weighted by Crippen LogP contribution is 2.08. The van der Waals surface area contributed by atoms with Gasteiger partial charge in [-0.1, -0.05) is 20.3 Å². The van der Waals surface area contributed by atoms with Crippen molar-refractivity contribution >= 4 is 23.8 Å². The van der Waals surface area contributed by atoms with Gasteiger partial charge in [-0.3, -0.25) is 14.4 Å². The third-order valence-electron chi connectivity index (χ3n) is 2.99. The number of hydrogen-bond acceptors (Lipinski definition) is 5. The molecule has 0 aromatic carbocycles. The van der Waals surface area contributed by atoms with Crippen LogP contribution in [0.2, 0.25) is 0 Å². The van der Waals surface area contributed by atoms with Crippen LogP contribution in [0.3, 0.4) is 0 Å². The first-order valence-corrected chi connectivity index (χ1v) is 6.47. The molecule has 0 unspecified atom stereocenters. The molecule has 3 atom stereocenters. The predicted octanol–water partition coefficient (Wildman–Crippen LogP) is -1.48. The van der Waals surface area contributed by atoms with E-state index in [1.165, 1.54) is 0 Å². The minimum atomic E-state index is -1.56. The number of hydrogen-bond donors (Lipinski definition) is 5. The molecule has 0 aliphatic carbocycles. The van der Waals surface area contributed by atoms with Gasteiger partial charge in [-0.2, -0.15) is 0 Å². The molecule has 0 radical (unpaired) electrons. The van der Waals surface area contributed by atoms with E-state index < -0.39 is 42.3 Å². The topological polar surface area (TPSA) is 159 Å². The second-order valence-corrected chi connectivity index (χ2v) is 4.63. The maximum Gasteiger partial charge on any atom is 0.326 e. The second kappa shape index (κ2) is 8.90. The summed E-state index contributed by atoms with van der Waals surface area (Å²) in [6.07, 6.45) is -0.196. The van der Waals surface area contributed by atoms with Crippen molar-refractivity contribution in [2.75, 3.05) is 6.54 Å². The molecule has 120 valence electrons. The van der Waals surface area contributed by atoms with Crippen molar-refractivity contribution in [1.29, 1.82) is 0 Å². The molecule has 0 aromatic rings. The quantitative estimate of drug-likeness (QED) is 0.347. The van der Waals surface area contributed by atoms with Crippen molar-refractivity contribution in [3.63, 3.8) is 0 Å². The van der Waals surface area contributed by atoms with Crippen molar-refractivity contribution < 1.29 is 29.4 Å². The molecule has 0 saturated heterocycles. The van der Waals surface area contributed by atoms with Crippen LogP contribution in [-0.4, -0.2) is 52.6 Å². The van der Waals surface area contributed by atoms with Gasteiger partial charge in [-0.25, -0.2) is 4.79 Å². The van der Waals surface area contributed by atoms with Gasteiger partial charge in [-0.05, 0) is 5.92 Å². The van der Waals surface area contributed by atoms with Gasteiger partial charge in [0.25, 0.3) is 0 Å². The highest BCUT2D eigenvalue weighted by Gasteiger charge is 2.30. The number of carboxylic acids is 2. The molecule has 0 bridgehead atoms. The van der Waals surface area contributed by atoms with Crippen LogP contribution in [0.15, 0.2) is 0 Å². The van der Waals surface area contributed by atoms with Crippen molar-refractivity contribution in [3.8, 4) is 0 Å². The maximum absolute atomic E-state index is 12.1. The van der Waals surface area contributed by atoms with Crippen LogP contribution >= 0.6 is 0 Å². The average molecular weight is 303 g/mol. The lowest BCUT2D eigenvalue weighted by Gasteiger charge is -2.24. The van der Waals surface area contributed by atoms with Gasteiger partial charge in [-0.15, -0.1) is 0 Å². The van der Waals surface area contributed by atoms with Gasteiger partial charge in [0.2, 0.25) is 11.8 Å². The van der Waals surface area contributed by atoms with Crippen LogP contribution in [0.5, 0.6) is 0 Å². The number of aliphatic carboxylic acids is 2. The summed E-state index contributed by atoms with van der Waals surface area (Å²) in [5.41, 5.74) is 5.16. The van der Waals surface area contributed by atoms with Crippen molar-refractivity contribution in [1.82, 2.24) is 10.6 Å². The van der Waals surface area contributed by atoms with E-state index in [4.69, 9.17) is 15.9 Å². The van der Waals surface area contributed by atoms with Crippen molar-refractivity contribution in [2.24, 2.45) is 11.7 Å². The summed E-state index contributed by atoms with van der Waals surface area (Å²) in [4.78, 5) is 44.9. The lowest BCUT2D eigenvalue weighted by molar-refractivity contribution is -0.147. The van der Waals surface area contributed by atoms with Crippen LogP contribution in [0, 0.1) is 5.92 Å². The monoisotopic (exact) mass is 303 g/mol. The van der Waals surface area contributed by atoms with E-state index in [2.05, 4.69) is 10.6 Å². The summed E-state index contributed by atoms with van der Waals surface area (Å²) < 4.78 is 0. The third-order valence-corrected chi connectivity index (χ3v) is 2.99. The average Bonchev–Trinajstić information content (AvgIpc) is 2.41. The molecule has 9 nitrogen and oxygen atoms in total. The first kappa shape index (κ1) is 18.8. The van der Waals surface area contributed by atoms with Gasteiger partial charge >= 0.3 is 11.9 Å². The number of nitrogens with one attached hydrogen (secondary N) is 2. The predicted molar refractivity (Wildman–Crippen MR) is 72.3 cm³/mol. The van der Waals surface area contributed by atoms with E-state index in [9.17, 15) is 19.2 Å². The molecule has 6 N–H and O–H groups in total. The van der Waals surface area contributed by atoms with Crippen LogP contribution < -0.4 is 16.4 Å². The Balaban J connectivity index is 4.96. The lowest BCUT2D eigenvalue weighted by Crippen LogP contribution is -2.55. The number of carbonyl (C=O) groups excluding carboxylic acids is 2. The Morgan fingerprint density at radius 1 is 1.14 bits per heavy atom. The smallest absolute Gasteiger partial charge is 0.326 e. The molecule has 0 spiro atoms. The second-order valence-electron chi connectivity index (χ2n) is 4.63. The minimum Gasteiger partial charge on any atom is -0.481 e. The Bertz CT molecular complexity index is 412. The number of amides is 2. The van der Waals surface area contributed by atoms with Crippen LogP contribution in [-0.2, 0) is 19.2 Å². The number of carboxylic acid groups (broad SMARTS) is 2. The SMILES string of the molecule is CC[C@H](C)[C@H](NC(=O)CN)C(=O)N[C@@H](CC(=O)O)C(=O)O. The summed E-state index contributed by atoms with van der Waals surface area (Å²) in [6, 6.07) is -2.53. The van der Waals surface area contributed by atoms with Gasteiger partial charge in [0, 0.05) is 0 Å². The molecular weight excluding hydrogens is 282 g/mol. The third kappa shape index (κ3) is 6.70. The molecule has 2 amide bonds. The Hall–Kier alpha value is -2.16. The van der Waals surface area contributed by atoms with Gasteiger partial charge < -0.3 is 26.6 Å². The van der Waals surface area contributed by atoms with E-state index in [-0.39, 0.29) is 12.5 Å². The maximum atomic E-state index is 12.1. The highest BCUT2D eigenvalue weighted by atomic mass is 16.4. The van der Waals surface area contributed by atoms with E-state index in [1.54, 1.807) is 13.8 Å². The fraction of sp³-hybridized carbons (Fsp3) is 0.667. The Labute approximate surface area is 121 Å². The van der Waals surface area contributed by atoms with E-state index in [0.29, 0.717) is 6.42 Å². The Morgan fingerprint density at radius 2 is 1.71 bits per heavy atom. The molecule has 0 heterocycles. The first-order chi connectivity index (χ1) is 9.72. The van der Waals surface area contributed by atoms with Crippen molar-refractivity contribution in [2.45, 2.75) is 38.8 Å². The van der Waals surface area contributed by atoms with Gasteiger partial charge in [0.15, 0.2) is 0 Å². The van der Waals surface area contributed by atoms with Gasteiger partial charge in [0.05, 0.1) is 13.0 Å². The minimum absolute atomic E-state index is 0.264. The molecule has 9 heteroatoms. The fourth-order valence-corrected chi connectivity index (χ4v) is 1.57. The molecular formula is C12H21N3O6. The molecule has 0 fully saturated rings. The number of nitrogens with two attached hydrogens (primary N) is 1. The van der Waals surface area contributed by atoms with Crippen LogP contribution in [0.25, 0.3) is 0 Å². The standard InChI is InChI=1S/C12H21N3O6/c1-3-6(2)10(15-8(16)5-13)11(19)14-7(12(20)21)4-9(17)18/h6-7,10H,3-5,13H2,1-2H3,(H,14,19)(H,15,16)(H,17,18)(H,20,21)/t6-,7-,10-/m0/s1. The Morgan fingerprint density at radius 3 is 2.10 bits per heavy atom. The normalized spacial score (nSPS) is 14.6. The molecule has 0 aliphatic rings. The summed E-state index contributed by atoms with van der Waals surface area (Å²) in [7, 11) is 0. The number of carbonyl (C=O) groups is 4. The van der Waals surface area contributed by atoms with Gasteiger partial charge in [0.1, 0.15) is 12.1 Å². The Kier molecular flexibility index (Phi) is 7.99. The van der Waals surface area contributed by atoms with E-state index in [0.717, 1.165) is 0 Å². The molecule has 21 heavy (non-hydrogen) atoms. The van der Waals surface area contributed by atoms with Crippen molar-refractivity contribution in [3.05, 3.63) is 0 Å². The van der Waals surface area contributed by atoms with E-state index in [1.807, 2.05) is 0 Å². The molecule has 0 aliphatic heterocycles. The summed E-state index contributed by atoms with van der Waals surface area (Å²) >= 11 is 0. The molecule has 0 rings (SSSR count). The van der Waals surface area contributed by atoms with Crippen LogP contribution in [0.4, 0.5) is 0 Å². The molecule has 0 aromatic heterocycles. The lowest BCUT2D eigenvalue weighted by atomic mass is 9.97. The molecule has 0 saturated carbocycles. The summed E-state index contributed by atoms with van der Waals surface area (Å²) in [5.74, 6) is -4.38. The summed E-state index contributed by atoms with van der Waals surface area (Å²) in [5, 5.41) is 22.0. The zero-order valence-corrected chi connectivity index (χ0v) is 12.0. The zero-order valence-electron chi connectivity index (χ0n) is 12.0. The van der Waals surface area contributed by atoms with E-state index >= 15 is 0 Å². The fourth-order valence-electron chi connectivity index (χ4n) is 1.57. The number of rotatable bonds is 9. The largest absolute Gasteiger partial charge is 0.481 e. The first-order valence-electron chi connectivity index (χ1n) is 6.47. The highest BCUT2D eigenvalue weighted by molar-refractivity contribution is 5.92.